The fraction of sp³-hybridized carbons (Fsp3) is 0.0435. The Morgan fingerprint density at radius 1 is 1.03 bits per heavy atom. The van der Waals surface area contributed by atoms with Crippen molar-refractivity contribution in [3.05, 3.63) is 89.7 Å². The lowest BCUT2D eigenvalue weighted by Crippen LogP contribution is -2.11. The number of hydrogen-bond acceptors (Lipinski definition) is 3. The van der Waals surface area contributed by atoms with E-state index in [4.69, 9.17) is 0 Å². The average molecular weight is 387 g/mol. The van der Waals surface area contributed by atoms with Gasteiger partial charge in [-0.05, 0) is 61.0 Å². The number of benzene rings is 3. The first-order chi connectivity index (χ1) is 14.0. The van der Waals surface area contributed by atoms with Gasteiger partial charge in [0.05, 0.1) is 11.4 Å². The second-order valence-corrected chi connectivity index (χ2v) is 6.73. The smallest absolute Gasteiger partial charge is 0.255 e. The van der Waals surface area contributed by atoms with Gasteiger partial charge in [0.15, 0.2) is 0 Å². The number of anilines is 1. The highest BCUT2D eigenvalue weighted by molar-refractivity contribution is 6.04. The van der Waals surface area contributed by atoms with Crippen molar-refractivity contribution in [2.24, 2.45) is 0 Å². The molecule has 1 aromatic heterocycles. The van der Waals surface area contributed by atoms with E-state index < -0.39 is 5.82 Å². The Hall–Kier alpha value is -3.93. The third-order valence-corrected chi connectivity index (χ3v) is 4.55. The topological polar surface area (TPSA) is 78.0 Å². The van der Waals surface area contributed by atoms with Crippen LogP contribution in [-0.2, 0) is 0 Å². The van der Waals surface area contributed by atoms with Gasteiger partial charge in [-0.15, -0.1) is 0 Å². The monoisotopic (exact) mass is 387 g/mol. The van der Waals surface area contributed by atoms with Crippen LogP contribution in [0.15, 0.2) is 72.8 Å². The summed E-state index contributed by atoms with van der Waals surface area (Å²) in [5.41, 5.74) is 4.59. The summed E-state index contributed by atoms with van der Waals surface area (Å²) < 4.78 is 13.5. The predicted molar refractivity (Wildman–Crippen MR) is 110 cm³/mol. The second kappa shape index (κ2) is 7.59. The van der Waals surface area contributed by atoms with E-state index in [0.29, 0.717) is 28.2 Å². The summed E-state index contributed by atoms with van der Waals surface area (Å²) >= 11 is 0. The molecule has 0 aliphatic rings. The minimum absolute atomic E-state index is 0.0429. The highest BCUT2D eigenvalue weighted by Gasteiger charge is 2.11. The maximum Gasteiger partial charge on any atom is 0.255 e. The summed E-state index contributed by atoms with van der Waals surface area (Å²) in [6.07, 6.45) is 0. The van der Waals surface area contributed by atoms with Gasteiger partial charge in [0.25, 0.3) is 5.91 Å². The zero-order valence-electron chi connectivity index (χ0n) is 15.6. The summed E-state index contributed by atoms with van der Waals surface area (Å²) in [4.78, 5) is 12.4. The van der Waals surface area contributed by atoms with Crippen molar-refractivity contribution in [3.63, 3.8) is 0 Å². The number of aromatic hydroxyl groups is 1. The van der Waals surface area contributed by atoms with Crippen molar-refractivity contribution in [2.75, 3.05) is 5.32 Å². The summed E-state index contributed by atoms with van der Waals surface area (Å²) in [5.74, 6) is -0.665. The van der Waals surface area contributed by atoms with Crippen molar-refractivity contribution in [3.8, 4) is 28.3 Å². The Labute approximate surface area is 166 Å². The lowest BCUT2D eigenvalue weighted by molar-refractivity contribution is 0.102. The van der Waals surface area contributed by atoms with Crippen LogP contribution in [0.5, 0.6) is 5.75 Å². The van der Waals surface area contributed by atoms with Gasteiger partial charge in [0.2, 0.25) is 0 Å². The molecular formula is C23H18FN3O2. The first kappa shape index (κ1) is 18.4. The number of halogens is 1. The van der Waals surface area contributed by atoms with E-state index in [9.17, 15) is 14.3 Å². The van der Waals surface area contributed by atoms with Crippen LogP contribution in [0.3, 0.4) is 0 Å². The number of carbonyl (C=O) groups excluding carboxylic acids is 1. The molecule has 0 bridgehead atoms. The number of nitrogens with one attached hydrogen (secondary N) is 2. The summed E-state index contributed by atoms with van der Waals surface area (Å²) in [6.45, 7) is 1.94. The molecule has 0 fully saturated rings. The lowest BCUT2D eigenvalue weighted by atomic mass is 10.1. The number of rotatable bonds is 4. The van der Waals surface area contributed by atoms with E-state index >= 15 is 0 Å². The Bertz CT molecular complexity index is 1180. The number of aryl methyl sites for hydroxylation is 1. The maximum absolute atomic E-state index is 13.5. The Morgan fingerprint density at radius 2 is 1.83 bits per heavy atom. The average Bonchev–Trinajstić information content (AvgIpc) is 3.20. The normalized spacial score (nSPS) is 10.7. The number of hydrogen-bond donors (Lipinski definition) is 3. The Balaban J connectivity index is 1.52. The lowest BCUT2D eigenvalue weighted by Gasteiger charge is -2.06. The van der Waals surface area contributed by atoms with Crippen molar-refractivity contribution >= 4 is 11.6 Å². The molecule has 4 rings (SSSR count). The molecule has 3 N–H and O–H groups in total. The standard InChI is InChI=1S/C23H18FN3O2/c1-14-3-2-4-16(11-14)23(29)25-18-8-5-15(6-9-18)20-13-21(27-26-20)19-12-17(24)7-10-22(19)28/h2-13,28H,1H3,(H,25,29)(H,26,27). The molecule has 3 aromatic carbocycles. The largest absolute Gasteiger partial charge is 0.507 e. The van der Waals surface area contributed by atoms with Gasteiger partial charge < -0.3 is 10.4 Å². The van der Waals surface area contributed by atoms with E-state index in [1.165, 1.54) is 18.2 Å². The van der Waals surface area contributed by atoms with Crippen LogP contribution in [0.1, 0.15) is 15.9 Å². The molecule has 0 atom stereocenters. The van der Waals surface area contributed by atoms with Gasteiger partial charge in [-0.3, -0.25) is 9.89 Å². The molecule has 4 aromatic rings. The van der Waals surface area contributed by atoms with Crippen molar-refractivity contribution in [1.29, 1.82) is 0 Å². The van der Waals surface area contributed by atoms with Crippen molar-refractivity contribution in [1.82, 2.24) is 10.2 Å². The fourth-order valence-electron chi connectivity index (χ4n) is 3.04. The quantitative estimate of drug-likeness (QED) is 0.453. The van der Waals surface area contributed by atoms with Crippen LogP contribution in [0, 0.1) is 12.7 Å². The molecule has 6 heteroatoms. The first-order valence-corrected chi connectivity index (χ1v) is 9.02. The maximum atomic E-state index is 13.5. The Kier molecular flexibility index (Phi) is 4.83. The molecule has 0 radical (unpaired) electrons. The number of aromatic nitrogens is 2. The highest BCUT2D eigenvalue weighted by Crippen LogP contribution is 2.31. The molecule has 0 aliphatic heterocycles. The summed E-state index contributed by atoms with van der Waals surface area (Å²) in [5, 5.41) is 19.9. The predicted octanol–water partition coefficient (Wildman–Crippen LogP) is 5.15. The van der Waals surface area contributed by atoms with Gasteiger partial charge in [0, 0.05) is 16.8 Å². The second-order valence-electron chi connectivity index (χ2n) is 6.73. The highest BCUT2D eigenvalue weighted by atomic mass is 19.1. The molecule has 0 spiro atoms. The van der Waals surface area contributed by atoms with E-state index in [1.54, 1.807) is 24.3 Å². The van der Waals surface area contributed by atoms with Crippen LogP contribution in [0.2, 0.25) is 0 Å². The molecule has 1 amide bonds. The SMILES string of the molecule is Cc1cccc(C(=O)Nc2ccc(-c3cc(-c4cc(F)ccc4O)n[nH]3)cc2)c1. The number of phenols is 1. The first-order valence-electron chi connectivity index (χ1n) is 9.02. The summed E-state index contributed by atoms with van der Waals surface area (Å²) in [6, 6.07) is 20.1. The third-order valence-electron chi connectivity index (χ3n) is 4.55. The van der Waals surface area contributed by atoms with Crippen LogP contribution < -0.4 is 5.32 Å². The number of H-pyrrole nitrogens is 1. The third kappa shape index (κ3) is 4.01. The van der Waals surface area contributed by atoms with Gasteiger partial charge in [-0.2, -0.15) is 5.10 Å². The van der Waals surface area contributed by atoms with Gasteiger partial charge in [-0.25, -0.2) is 4.39 Å². The number of amides is 1. The minimum Gasteiger partial charge on any atom is -0.507 e. The molecule has 5 nitrogen and oxygen atoms in total. The van der Waals surface area contributed by atoms with Crippen molar-refractivity contribution in [2.45, 2.75) is 6.92 Å². The van der Waals surface area contributed by atoms with Crippen LogP contribution in [0.25, 0.3) is 22.5 Å². The van der Waals surface area contributed by atoms with Gasteiger partial charge in [0.1, 0.15) is 11.6 Å². The van der Waals surface area contributed by atoms with Crippen LogP contribution in [0.4, 0.5) is 10.1 Å². The van der Waals surface area contributed by atoms with E-state index in [-0.39, 0.29) is 11.7 Å². The molecule has 0 unspecified atom stereocenters. The number of carbonyl (C=O) groups is 1. The van der Waals surface area contributed by atoms with E-state index in [0.717, 1.165) is 11.1 Å². The molecule has 29 heavy (non-hydrogen) atoms. The molecule has 0 saturated carbocycles. The fourth-order valence-corrected chi connectivity index (χ4v) is 3.04. The van der Waals surface area contributed by atoms with Crippen molar-refractivity contribution < 1.29 is 14.3 Å². The summed E-state index contributed by atoms with van der Waals surface area (Å²) in [7, 11) is 0. The zero-order valence-corrected chi connectivity index (χ0v) is 15.6. The van der Waals surface area contributed by atoms with Crippen LogP contribution in [-0.4, -0.2) is 21.2 Å². The molecule has 0 aliphatic carbocycles. The minimum atomic E-state index is -0.448. The molecular weight excluding hydrogens is 369 g/mol. The zero-order chi connectivity index (χ0) is 20.4. The number of phenolic OH excluding ortho intramolecular Hbond substituents is 1. The number of nitrogens with zero attached hydrogens (tertiary/aromatic N) is 1. The van der Waals surface area contributed by atoms with E-state index in [1.807, 2.05) is 37.3 Å². The molecule has 1 heterocycles. The van der Waals surface area contributed by atoms with Gasteiger partial charge in [-0.1, -0.05) is 29.8 Å². The van der Waals surface area contributed by atoms with Gasteiger partial charge >= 0.3 is 0 Å². The molecule has 0 saturated heterocycles. The molecule has 144 valence electrons. The number of aromatic amines is 1. The van der Waals surface area contributed by atoms with Crippen LogP contribution >= 0.6 is 0 Å². The Morgan fingerprint density at radius 3 is 2.59 bits per heavy atom. The van der Waals surface area contributed by atoms with E-state index in [2.05, 4.69) is 15.5 Å².